The van der Waals surface area contributed by atoms with Crippen molar-refractivity contribution in [3.63, 3.8) is 0 Å². The fourth-order valence-corrected chi connectivity index (χ4v) is 3.96. The van der Waals surface area contributed by atoms with E-state index in [-0.39, 0.29) is 11.9 Å². The number of hydrogen-bond acceptors (Lipinski definition) is 5. The highest BCUT2D eigenvalue weighted by Gasteiger charge is 2.33. The maximum atomic E-state index is 13.4. The van der Waals surface area contributed by atoms with E-state index in [1.807, 2.05) is 43.0 Å². The van der Waals surface area contributed by atoms with Crippen molar-refractivity contribution < 1.29 is 14.3 Å². The number of benzene rings is 1. The van der Waals surface area contributed by atoms with Crippen molar-refractivity contribution in [2.75, 3.05) is 20.8 Å². The number of amides is 1. The molecule has 7 heteroatoms. The second kappa shape index (κ2) is 7.14. The standard InChI is InChI=1S/C21H24N4O3/c1-13-10-20-22-12-17(14(2)25(20)23-13)21(26)24-9-5-6-18(24)16-11-15(27-3)7-8-19(16)28-4/h7-8,10-12,18H,5-6,9H2,1-4H3. The van der Waals surface area contributed by atoms with E-state index in [1.54, 1.807) is 24.9 Å². The fraction of sp³-hybridized carbons (Fsp3) is 0.381. The van der Waals surface area contributed by atoms with Gasteiger partial charge in [-0.25, -0.2) is 9.50 Å². The summed E-state index contributed by atoms with van der Waals surface area (Å²) in [4.78, 5) is 19.8. The first kappa shape index (κ1) is 18.3. The van der Waals surface area contributed by atoms with Gasteiger partial charge in [0.2, 0.25) is 0 Å². The van der Waals surface area contributed by atoms with E-state index >= 15 is 0 Å². The van der Waals surface area contributed by atoms with Gasteiger partial charge >= 0.3 is 0 Å². The molecule has 0 spiro atoms. The van der Waals surface area contributed by atoms with Crippen LogP contribution >= 0.6 is 0 Å². The molecule has 7 nitrogen and oxygen atoms in total. The number of carbonyl (C=O) groups excluding carboxylic acids is 1. The Hall–Kier alpha value is -3.09. The Morgan fingerprint density at radius 3 is 2.75 bits per heavy atom. The molecule has 3 aromatic rings. The summed E-state index contributed by atoms with van der Waals surface area (Å²) in [6.45, 7) is 4.52. The number of ether oxygens (including phenoxy) is 2. The van der Waals surface area contributed by atoms with E-state index in [9.17, 15) is 4.79 Å². The molecule has 1 unspecified atom stereocenters. The predicted molar refractivity (Wildman–Crippen MR) is 105 cm³/mol. The molecular formula is C21H24N4O3. The zero-order chi connectivity index (χ0) is 19.8. The molecule has 0 radical (unpaired) electrons. The molecular weight excluding hydrogens is 356 g/mol. The van der Waals surface area contributed by atoms with Crippen molar-refractivity contribution in [1.82, 2.24) is 19.5 Å². The highest BCUT2D eigenvalue weighted by atomic mass is 16.5. The molecule has 146 valence electrons. The fourth-order valence-electron chi connectivity index (χ4n) is 3.96. The summed E-state index contributed by atoms with van der Waals surface area (Å²) in [7, 11) is 3.29. The Morgan fingerprint density at radius 2 is 2.00 bits per heavy atom. The molecule has 1 amide bonds. The van der Waals surface area contributed by atoms with Crippen LogP contribution < -0.4 is 9.47 Å². The third-order valence-electron chi connectivity index (χ3n) is 5.39. The number of likely N-dealkylation sites (tertiary alicyclic amines) is 1. The molecule has 28 heavy (non-hydrogen) atoms. The third-order valence-corrected chi connectivity index (χ3v) is 5.39. The Labute approximate surface area is 163 Å². The zero-order valence-corrected chi connectivity index (χ0v) is 16.6. The van der Waals surface area contributed by atoms with E-state index in [1.165, 1.54) is 0 Å². The van der Waals surface area contributed by atoms with Crippen molar-refractivity contribution in [2.24, 2.45) is 0 Å². The van der Waals surface area contributed by atoms with E-state index in [2.05, 4.69) is 10.1 Å². The van der Waals surface area contributed by atoms with Crippen LogP contribution in [0, 0.1) is 13.8 Å². The molecule has 3 heterocycles. The van der Waals surface area contributed by atoms with Crippen LogP contribution in [0.2, 0.25) is 0 Å². The third kappa shape index (κ3) is 2.96. The van der Waals surface area contributed by atoms with Gasteiger partial charge in [0.25, 0.3) is 5.91 Å². The molecule has 2 aromatic heterocycles. The summed E-state index contributed by atoms with van der Waals surface area (Å²) in [5.74, 6) is 1.48. The molecule has 0 saturated carbocycles. The topological polar surface area (TPSA) is 69.0 Å². The maximum Gasteiger partial charge on any atom is 0.257 e. The number of rotatable bonds is 4. The molecule has 1 aliphatic rings. The lowest BCUT2D eigenvalue weighted by Crippen LogP contribution is -2.32. The predicted octanol–water partition coefficient (Wildman–Crippen LogP) is 3.34. The van der Waals surface area contributed by atoms with Crippen LogP contribution in [0.4, 0.5) is 0 Å². The lowest BCUT2D eigenvalue weighted by molar-refractivity contribution is 0.0732. The second-order valence-corrected chi connectivity index (χ2v) is 7.08. The summed E-state index contributed by atoms with van der Waals surface area (Å²) in [6, 6.07) is 7.56. The SMILES string of the molecule is COc1ccc(OC)c(C2CCCN2C(=O)c2cnc3cc(C)nn3c2C)c1. The van der Waals surface area contributed by atoms with Crippen LogP contribution in [0.1, 0.15) is 46.2 Å². The minimum absolute atomic E-state index is 0.0348. The number of aromatic nitrogens is 3. The van der Waals surface area contributed by atoms with Crippen molar-refractivity contribution in [2.45, 2.75) is 32.7 Å². The Kier molecular flexibility index (Phi) is 4.66. The van der Waals surface area contributed by atoms with Gasteiger partial charge in [0, 0.05) is 24.4 Å². The van der Waals surface area contributed by atoms with Crippen molar-refractivity contribution >= 4 is 11.6 Å². The maximum absolute atomic E-state index is 13.4. The molecule has 4 rings (SSSR count). The average Bonchev–Trinajstić information content (AvgIpc) is 3.33. The lowest BCUT2D eigenvalue weighted by Gasteiger charge is -2.27. The van der Waals surface area contributed by atoms with Crippen LogP contribution in [0.3, 0.4) is 0 Å². The van der Waals surface area contributed by atoms with Gasteiger partial charge in [-0.05, 0) is 44.9 Å². The number of fused-ring (bicyclic) bond motifs is 1. The molecule has 1 fully saturated rings. The minimum Gasteiger partial charge on any atom is -0.497 e. The monoisotopic (exact) mass is 380 g/mol. The average molecular weight is 380 g/mol. The van der Waals surface area contributed by atoms with Crippen LogP contribution in [-0.4, -0.2) is 46.2 Å². The van der Waals surface area contributed by atoms with E-state index in [4.69, 9.17) is 9.47 Å². The highest BCUT2D eigenvalue weighted by Crippen LogP contribution is 2.39. The lowest BCUT2D eigenvalue weighted by atomic mass is 10.0. The van der Waals surface area contributed by atoms with Gasteiger partial charge in [0.15, 0.2) is 5.65 Å². The van der Waals surface area contributed by atoms with E-state index in [0.717, 1.165) is 46.9 Å². The highest BCUT2D eigenvalue weighted by molar-refractivity contribution is 5.95. The molecule has 0 N–H and O–H groups in total. The van der Waals surface area contributed by atoms with Crippen molar-refractivity contribution in [3.8, 4) is 11.5 Å². The molecule has 0 aliphatic carbocycles. The minimum atomic E-state index is -0.0630. The van der Waals surface area contributed by atoms with Gasteiger partial charge in [-0.3, -0.25) is 4.79 Å². The molecule has 0 bridgehead atoms. The first-order valence-electron chi connectivity index (χ1n) is 9.38. The molecule has 1 aromatic carbocycles. The van der Waals surface area contributed by atoms with Crippen molar-refractivity contribution in [3.05, 3.63) is 53.0 Å². The van der Waals surface area contributed by atoms with Gasteiger partial charge in [-0.2, -0.15) is 5.10 Å². The van der Waals surface area contributed by atoms with E-state index < -0.39 is 0 Å². The first-order valence-corrected chi connectivity index (χ1v) is 9.38. The summed E-state index contributed by atoms with van der Waals surface area (Å²) < 4.78 is 12.7. The smallest absolute Gasteiger partial charge is 0.257 e. The van der Waals surface area contributed by atoms with Crippen LogP contribution in [0.15, 0.2) is 30.5 Å². The van der Waals surface area contributed by atoms with Crippen LogP contribution in [0.25, 0.3) is 5.65 Å². The zero-order valence-electron chi connectivity index (χ0n) is 16.6. The first-order chi connectivity index (χ1) is 13.5. The van der Waals surface area contributed by atoms with Gasteiger partial charge in [0.05, 0.1) is 37.2 Å². The van der Waals surface area contributed by atoms with Gasteiger partial charge in [-0.15, -0.1) is 0 Å². The normalized spacial score (nSPS) is 16.6. The number of nitrogens with zero attached hydrogens (tertiary/aromatic N) is 4. The summed E-state index contributed by atoms with van der Waals surface area (Å²) in [5.41, 5.74) is 3.96. The Balaban J connectivity index is 1.73. The summed E-state index contributed by atoms with van der Waals surface area (Å²) in [6.07, 6.45) is 3.48. The number of carbonyl (C=O) groups is 1. The van der Waals surface area contributed by atoms with Gasteiger partial charge < -0.3 is 14.4 Å². The van der Waals surface area contributed by atoms with Crippen molar-refractivity contribution in [1.29, 1.82) is 0 Å². The number of hydrogen-bond donors (Lipinski definition) is 0. The largest absolute Gasteiger partial charge is 0.497 e. The Morgan fingerprint density at radius 1 is 1.18 bits per heavy atom. The second-order valence-electron chi connectivity index (χ2n) is 7.08. The van der Waals surface area contributed by atoms with Crippen LogP contribution in [0.5, 0.6) is 11.5 Å². The Bertz CT molecular complexity index is 1040. The quantitative estimate of drug-likeness (QED) is 0.694. The summed E-state index contributed by atoms with van der Waals surface area (Å²) in [5, 5.41) is 4.46. The number of aryl methyl sites for hydroxylation is 2. The molecule has 1 atom stereocenters. The molecule has 1 aliphatic heterocycles. The van der Waals surface area contributed by atoms with E-state index in [0.29, 0.717) is 12.1 Å². The summed E-state index contributed by atoms with van der Waals surface area (Å²) >= 11 is 0. The number of methoxy groups -OCH3 is 2. The van der Waals surface area contributed by atoms with Gasteiger partial charge in [-0.1, -0.05) is 0 Å². The van der Waals surface area contributed by atoms with Gasteiger partial charge in [0.1, 0.15) is 11.5 Å². The van der Waals surface area contributed by atoms with Crippen LogP contribution in [-0.2, 0) is 0 Å². The molecule has 1 saturated heterocycles.